The van der Waals surface area contributed by atoms with Gasteiger partial charge in [-0.05, 0) is 68.8 Å². The van der Waals surface area contributed by atoms with Gasteiger partial charge in [-0.1, -0.05) is 43.0 Å². The van der Waals surface area contributed by atoms with Crippen LogP contribution >= 0.6 is 11.8 Å². The third kappa shape index (κ3) is 6.02. The van der Waals surface area contributed by atoms with Gasteiger partial charge in [0.05, 0.1) is 5.57 Å². The largest absolute Gasteiger partial charge is 0.484 e. The van der Waals surface area contributed by atoms with E-state index < -0.39 is 6.04 Å². The summed E-state index contributed by atoms with van der Waals surface area (Å²) >= 11 is 1.54. The van der Waals surface area contributed by atoms with E-state index in [9.17, 15) is 9.59 Å². The summed E-state index contributed by atoms with van der Waals surface area (Å²) in [4.78, 5) is 32.3. The maximum atomic E-state index is 13.6. The van der Waals surface area contributed by atoms with Crippen molar-refractivity contribution in [2.45, 2.75) is 45.8 Å². The highest BCUT2D eigenvalue weighted by Gasteiger charge is 2.34. The molecule has 1 aliphatic heterocycles. The number of allylic oxidation sites excluding steroid dienone is 1. The van der Waals surface area contributed by atoms with Gasteiger partial charge in [0.1, 0.15) is 11.8 Å². The molecule has 0 bridgehead atoms. The monoisotopic (exact) mass is 534 g/mol. The highest BCUT2D eigenvalue weighted by molar-refractivity contribution is 7.99. The number of aromatic nitrogens is 3. The lowest BCUT2D eigenvalue weighted by atomic mass is 9.95. The number of hydrogen-bond acceptors (Lipinski definition) is 7. The number of benzene rings is 2. The van der Waals surface area contributed by atoms with Crippen LogP contribution in [0.15, 0.2) is 65.0 Å². The number of ether oxygens (including phenoxy) is 1. The first-order chi connectivity index (χ1) is 18.3. The van der Waals surface area contributed by atoms with Crippen molar-refractivity contribution >= 4 is 35.2 Å². The molecule has 10 heteroatoms. The number of nitrogens with zero attached hydrogens (tertiary/aromatic N) is 4. The van der Waals surface area contributed by atoms with Crippen molar-refractivity contribution in [1.29, 1.82) is 0 Å². The van der Waals surface area contributed by atoms with E-state index in [4.69, 9.17) is 9.84 Å². The van der Waals surface area contributed by atoms with E-state index in [0.29, 0.717) is 41.2 Å². The van der Waals surface area contributed by atoms with E-state index in [0.717, 1.165) is 22.6 Å². The summed E-state index contributed by atoms with van der Waals surface area (Å²) in [7, 11) is 0. The molecule has 0 spiro atoms. The molecule has 0 saturated carbocycles. The third-order valence-electron chi connectivity index (χ3n) is 6.30. The van der Waals surface area contributed by atoms with E-state index in [1.807, 2.05) is 83.1 Å². The molecule has 4 rings (SSSR count). The van der Waals surface area contributed by atoms with E-state index >= 15 is 0 Å². The predicted octanol–water partition coefficient (Wildman–Crippen LogP) is 4.87. The fraction of sp³-hybridized carbons (Fsp3) is 0.357. The molecular formula is C28H34N6O3S. The van der Waals surface area contributed by atoms with E-state index in [1.165, 1.54) is 0 Å². The van der Waals surface area contributed by atoms with Crippen LogP contribution in [-0.2, 0) is 9.59 Å². The van der Waals surface area contributed by atoms with Crippen LogP contribution in [0.4, 0.5) is 11.6 Å². The lowest BCUT2D eigenvalue weighted by molar-refractivity contribution is -0.133. The molecule has 0 radical (unpaired) electrons. The fourth-order valence-corrected chi connectivity index (χ4v) is 4.96. The number of nitrogens with one attached hydrogen (secondary N) is 2. The number of likely N-dealkylation sites (N-methyl/N-ethyl adjacent to an activating group) is 1. The summed E-state index contributed by atoms with van der Waals surface area (Å²) in [6.07, 6.45) is 0. The maximum Gasteiger partial charge on any atom is 0.260 e. The van der Waals surface area contributed by atoms with Crippen LogP contribution < -0.4 is 15.4 Å². The van der Waals surface area contributed by atoms with Crippen molar-refractivity contribution in [2.75, 3.05) is 36.1 Å². The molecule has 1 atom stereocenters. The molecule has 2 amide bonds. The molecule has 9 nitrogen and oxygen atoms in total. The molecule has 1 unspecified atom stereocenters. The van der Waals surface area contributed by atoms with Crippen LogP contribution in [0.5, 0.6) is 5.75 Å². The summed E-state index contributed by atoms with van der Waals surface area (Å²) in [5, 5.41) is 11.7. The Kier molecular flexibility index (Phi) is 8.73. The molecule has 0 saturated heterocycles. The summed E-state index contributed by atoms with van der Waals surface area (Å²) in [5.74, 6) is 1.72. The zero-order valence-electron chi connectivity index (χ0n) is 22.4. The molecule has 0 aliphatic carbocycles. The minimum atomic E-state index is -0.499. The van der Waals surface area contributed by atoms with Crippen LogP contribution in [0.25, 0.3) is 0 Å². The zero-order chi connectivity index (χ0) is 27.2. The quantitative estimate of drug-likeness (QED) is 0.358. The van der Waals surface area contributed by atoms with Gasteiger partial charge in [-0.25, -0.2) is 4.68 Å². The summed E-state index contributed by atoms with van der Waals surface area (Å²) < 4.78 is 7.51. The second kappa shape index (κ2) is 12.2. The Morgan fingerprint density at radius 3 is 2.50 bits per heavy atom. The van der Waals surface area contributed by atoms with Crippen LogP contribution in [0.3, 0.4) is 0 Å². The number of amides is 2. The van der Waals surface area contributed by atoms with Gasteiger partial charge in [0.2, 0.25) is 11.1 Å². The van der Waals surface area contributed by atoms with Crippen LogP contribution in [0.2, 0.25) is 0 Å². The molecule has 1 aromatic heterocycles. The minimum Gasteiger partial charge on any atom is -0.484 e. The van der Waals surface area contributed by atoms with Crippen LogP contribution in [-0.4, -0.2) is 56.9 Å². The Labute approximate surface area is 227 Å². The summed E-state index contributed by atoms with van der Waals surface area (Å²) in [6, 6.07) is 14.6. The van der Waals surface area contributed by atoms with Gasteiger partial charge in [0, 0.05) is 24.5 Å². The Bertz CT molecular complexity index is 1330. The molecule has 38 heavy (non-hydrogen) atoms. The molecule has 0 fully saturated rings. The smallest absolute Gasteiger partial charge is 0.260 e. The summed E-state index contributed by atoms with van der Waals surface area (Å²) in [5.41, 5.74) is 3.88. The molecule has 2 aromatic carbocycles. The number of fused-ring (bicyclic) bond motifs is 1. The lowest BCUT2D eigenvalue weighted by Gasteiger charge is -2.28. The van der Waals surface area contributed by atoms with Gasteiger partial charge in [-0.2, -0.15) is 4.98 Å². The van der Waals surface area contributed by atoms with Gasteiger partial charge >= 0.3 is 0 Å². The standard InChI is InChI=1S/C28H34N6O3S/c1-6-33(7-2)23(35)17-37-22-14-12-20(13-15-22)25-24(26(36)30-21-11-9-10-18(4)16-21)19(5)29-27-31-28(38-8-3)32-34(25)27/h9-16,25H,6-8,17H2,1-5H3,(H,30,36)(H,29,31,32). The van der Waals surface area contributed by atoms with Crippen molar-refractivity contribution in [1.82, 2.24) is 19.7 Å². The minimum absolute atomic E-state index is 0.0254. The fourth-order valence-electron chi connectivity index (χ4n) is 4.40. The highest BCUT2D eigenvalue weighted by Crippen LogP contribution is 2.37. The van der Waals surface area contributed by atoms with Crippen LogP contribution in [0.1, 0.15) is 44.9 Å². The van der Waals surface area contributed by atoms with E-state index in [1.54, 1.807) is 21.3 Å². The highest BCUT2D eigenvalue weighted by atomic mass is 32.2. The number of carbonyl (C=O) groups excluding carboxylic acids is 2. The van der Waals surface area contributed by atoms with Gasteiger partial charge in [-0.3, -0.25) is 9.59 Å². The van der Waals surface area contributed by atoms with Gasteiger partial charge in [0.25, 0.3) is 11.8 Å². The maximum absolute atomic E-state index is 13.6. The Morgan fingerprint density at radius 2 is 1.84 bits per heavy atom. The Balaban J connectivity index is 1.64. The molecular weight excluding hydrogens is 500 g/mol. The topological polar surface area (TPSA) is 101 Å². The number of hydrogen-bond donors (Lipinski definition) is 2. The zero-order valence-corrected chi connectivity index (χ0v) is 23.3. The SMILES string of the molecule is CCSc1nc2n(n1)C(c1ccc(OCC(=O)N(CC)CC)cc1)C(C(=O)Nc1cccc(C)c1)=C(C)N2. The van der Waals surface area contributed by atoms with Crippen molar-refractivity contribution in [3.63, 3.8) is 0 Å². The van der Waals surface area contributed by atoms with Crippen LogP contribution in [0, 0.1) is 6.92 Å². The first-order valence-corrected chi connectivity index (χ1v) is 13.8. The average molecular weight is 535 g/mol. The molecule has 2 N–H and O–H groups in total. The predicted molar refractivity (Wildman–Crippen MR) is 151 cm³/mol. The number of aryl methyl sites for hydroxylation is 1. The van der Waals surface area contributed by atoms with Crippen molar-refractivity contribution in [3.05, 3.63) is 70.9 Å². The van der Waals surface area contributed by atoms with Crippen molar-refractivity contribution in [3.8, 4) is 5.75 Å². The number of thioether (sulfide) groups is 1. The number of anilines is 2. The van der Waals surface area contributed by atoms with E-state index in [2.05, 4.69) is 15.6 Å². The molecule has 3 aromatic rings. The van der Waals surface area contributed by atoms with Gasteiger partial charge < -0.3 is 20.3 Å². The molecule has 1 aliphatic rings. The molecule has 2 heterocycles. The van der Waals surface area contributed by atoms with Crippen molar-refractivity contribution in [2.24, 2.45) is 0 Å². The first kappa shape index (κ1) is 27.3. The number of carbonyl (C=O) groups is 2. The van der Waals surface area contributed by atoms with Gasteiger partial charge in [-0.15, -0.1) is 5.10 Å². The Hall–Kier alpha value is -3.79. The average Bonchev–Trinajstić information content (AvgIpc) is 3.29. The summed E-state index contributed by atoms with van der Waals surface area (Å²) in [6.45, 7) is 11.1. The first-order valence-electron chi connectivity index (χ1n) is 12.8. The molecule has 200 valence electrons. The normalized spacial score (nSPS) is 14.5. The second-order valence-electron chi connectivity index (χ2n) is 8.91. The third-order valence-corrected chi connectivity index (χ3v) is 7.02. The second-order valence-corrected chi connectivity index (χ2v) is 10.1. The van der Waals surface area contributed by atoms with E-state index in [-0.39, 0.29) is 18.4 Å². The van der Waals surface area contributed by atoms with Gasteiger partial charge in [0.15, 0.2) is 6.61 Å². The Morgan fingerprint density at radius 1 is 1.11 bits per heavy atom. The van der Waals surface area contributed by atoms with Crippen molar-refractivity contribution < 1.29 is 14.3 Å². The number of rotatable bonds is 10. The lowest BCUT2D eigenvalue weighted by Crippen LogP contribution is -2.34.